The number of amides is 2. The van der Waals surface area contributed by atoms with Crippen LogP contribution in [0.15, 0.2) is 48.5 Å². The Kier molecular flexibility index (Phi) is 5.89. The van der Waals surface area contributed by atoms with Crippen molar-refractivity contribution in [3.8, 4) is 0 Å². The van der Waals surface area contributed by atoms with Gasteiger partial charge in [-0.25, -0.2) is 4.39 Å². The Bertz CT molecular complexity index is 829. The Balaban J connectivity index is 1.67. The van der Waals surface area contributed by atoms with E-state index in [0.717, 1.165) is 30.5 Å². The molecule has 0 aliphatic heterocycles. The Morgan fingerprint density at radius 3 is 2.52 bits per heavy atom. The van der Waals surface area contributed by atoms with Crippen LogP contribution in [0.5, 0.6) is 0 Å². The topological polar surface area (TPSA) is 58.2 Å². The first-order chi connectivity index (χ1) is 13.0. The Morgan fingerprint density at radius 2 is 1.81 bits per heavy atom. The van der Waals surface area contributed by atoms with E-state index in [1.807, 2.05) is 31.2 Å². The normalized spacial score (nSPS) is 15.3. The number of carbonyl (C=O) groups excluding carboxylic acids is 2. The summed E-state index contributed by atoms with van der Waals surface area (Å²) >= 11 is 0. The van der Waals surface area contributed by atoms with Crippen molar-refractivity contribution in [3.63, 3.8) is 0 Å². The van der Waals surface area contributed by atoms with Gasteiger partial charge in [-0.3, -0.25) is 9.59 Å². The van der Waals surface area contributed by atoms with Crippen molar-refractivity contribution >= 4 is 17.5 Å². The maximum Gasteiger partial charge on any atom is 0.243 e. The summed E-state index contributed by atoms with van der Waals surface area (Å²) in [6, 6.07) is 13.8. The third-order valence-electron chi connectivity index (χ3n) is 5.35. The molecular formula is C22H25FN2O2. The number of benzene rings is 2. The molecule has 0 atom stereocenters. The summed E-state index contributed by atoms with van der Waals surface area (Å²) in [7, 11) is 0. The van der Waals surface area contributed by atoms with Gasteiger partial charge in [-0.05, 0) is 48.6 Å². The fraction of sp³-hybridized carbons (Fsp3) is 0.364. The summed E-state index contributed by atoms with van der Waals surface area (Å²) in [4.78, 5) is 25.3. The molecule has 1 fully saturated rings. The molecule has 2 N–H and O–H groups in total. The van der Waals surface area contributed by atoms with Gasteiger partial charge < -0.3 is 10.6 Å². The van der Waals surface area contributed by atoms with Gasteiger partial charge in [0.15, 0.2) is 0 Å². The maximum atomic E-state index is 13.7. The van der Waals surface area contributed by atoms with Gasteiger partial charge in [0.1, 0.15) is 5.82 Å². The Morgan fingerprint density at radius 1 is 1.07 bits per heavy atom. The predicted molar refractivity (Wildman–Crippen MR) is 104 cm³/mol. The van der Waals surface area contributed by atoms with Crippen molar-refractivity contribution < 1.29 is 14.0 Å². The Labute approximate surface area is 159 Å². The SMILES string of the molecule is CCc1ccccc1NC(=O)CNC(=O)C1(c2cccc(F)c2)CCCC1. The van der Waals surface area contributed by atoms with Crippen LogP contribution in [0.4, 0.5) is 10.1 Å². The van der Waals surface area contributed by atoms with E-state index >= 15 is 0 Å². The average Bonchev–Trinajstić information content (AvgIpc) is 3.18. The average molecular weight is 368 g/mol. The monoisotopic (exact) mass is 368 g/mol. The van der Waals surface area contributed by atoms with Crippen molar-refractivity contribution in [1.29, 1.82) is 0 Å². The van der Waals surface area contributed by atoms with Crippen molar-refractivity contribution in [3.05, 3.63) is 65.5 Å². The summed E-state index contributed by atoms with van der Waals surface area (Å²) < 4.78 is 13.7. The third-order valence-corrected chi connectivity index (χ3v) is 5.35. The minimum atomic E-state index is -0.746. The van der Waals surface area contributed by atoms with Crippen LogP contribution in [-0.4, -0.2) is 18.4 Å². The molecule has 4 nitrogen and oxygen atoms in total. The number of carbonyl (C=O) groups is 2. The smallest absolute Gasteiger partial charge is 0.243 e. The van der Waals surface area contributed by atoms with Crippen molar-refractivity contribution in [2.75, 3.05) is 11.9 Å². The second-order valence-electron chi connectivity index (χ2n) is 7.04. The zero-order chi connectivity index (χ0) is 19.3. The summed E-state index contributed by atoms with van der Waals surface area (Å²) in [5.74, 6) is -0.818. The van der Waals surface area contributed by atoms with E-state index in [2.05, 4.69) is 10.6 Å². The standard InChI is InChI=1S/C22H25FN2O2/c1-2-16-8-3-4-11-19(16)25-20(26)15-24-21(27)22(12-5-6-13-22)17-9-7-10-18(23)14-17/h3-4,7-11,14H,2,5-6,12-13,15H2,1H3,(H,24,27)(H,25,26). The van der Waals surface area contributed by atoms with Gasteiger partial charge in [0.05, 0.1) is 12.0 Å². The molecule has 27 heavy (non-hydrogen) atoms. The van der Waals surface area contributed by atoms with Crippen LogP contribution in [0, 0.1) is 5.82 Å². The molecule has 0 spiro atoms. The van der Waals surface area contributed by atoms with Crippen LogP contribution in [0.25, 0.3) is 0 Å². The number of nitrogens with one attached hydrogen (secondary N) is 2. The highest BCUT2D eigenvalue weighted by Crippen LogP contribution is 2.41. The fourth-order valence-electron chi connectivity index (χ4n) is 3.89. The van der Waals surface area contributed by atoms with Gasteiger partial charge in [-0.1, -0.05) is 50.1 Å². The van der Waals surface area contributed by atoms with Crippen molar-refractivity contribution in [2.24, 2.45) is 0 Å². The number of halogens is 1. The minimum Gasteiger partial charge on any atom is -0.346 e. The van der Waals surface area contributed by atoms with Gasteiger partial charge in [0.2, 0.25) is 11.8 Å². The lowest BCUT2D eigenvalue weighted by atomic mass is 9.78. The predicted octanol–water partition coefficient (Wildman–Crippen LogP) is 3.95. The summed E-state index contributed by atoms with van der Waals surface area (Å²) in [5, 5.41) is 5.62. The first-order valence-corrected chi connectivity index (χ1v) is 9.47. The number of hydrogen-bond donors (Lipinski definition) is 2. The first-order valence-electron chi connectivity index (χ1n) is 9.47. The molecule has 5 heteroatoms. The lowest BCUT2D eigenvalue weighted by molar-refractivity contribution is -0.128. The highest BCUT2D eigenvalue weighted by molar-refractivity contribution is 5.97. The van der Waals surface area contributed by atoms with E-state index in [9.17, 15) is 14.0 Å². The molecule has 2 aromatic rings. The van der Waals surface area contributed by atoms with E-state index in [4.69, 9.17) is 0 Å². The van der Waals surface area contributed by atoms with Gasteiger partial charge in [-0.2, -0.15) is 0 Å². The largest absolute Gasteiger partial charge is 0.346 e. The molecule has 0 aromatic heterocycles. The molecule has 0 bridgehead atoms. The second-order valence-corrected chi connectivity index (χ2v) is 7.04. The van der Waals surface area contributed by atoms with Crippen LogP contribution in [0.1, 0.15) is 43.7 Å². The van der Waals surface area contributed by atoms with Crippen molar-refractivity contribution in [2.45, 2.75) is 44.4 Å². The van der Waals surface area contributed by atoms with Crippen molar-refractivity contribution in [1.82, 2.24) is 5.32 Å². The molecule has 0 saturated heterocycles. The molecule has 2 amide bonds. The van der Waals surface area contributed by atoms with E-state index < -0.39 is 5.41 Å². The molecule has 142 valence electrons. The molecule has 1 saturated carbocycles. The number of aryl methyl sites for hydroxylation is 1. The van der Waals surface area contributed by atoms with Gasteiger partial charge in [-0.15, -0.1) is 0 Å². The summed E-state index contributed by atoms with van der Waals surface area (Å²) in [6.07, 6.45) is 3.98. The number of anilines is 1. The molecule has 0 radical (unpaired) electrons. The minimum absolute atomic E-state index is 0.103. The highest BCUT2D eigenvalue weighted by atomic mass is 19.1. The summed E-state index contributed by atoms with van der Waals surface area (Å²) in [5.41, 5.74) is 1.75. The van der Waals surface area contributed by atoms with Crippen LogP contribution in [0.2, 0.25) is 0 Å². The van der Waals surface area contributed by atoms with E-state index in [1.165, 1.54) is 12.1 Å². The molecule has 1 aliphatic rings. The zero-order valence-electron chi connectivity index (χ0n) is 15.6. The number of hydrogen-bond acceptors (Lipinski definition) is 2. The molecule has 3 rings (SSSR count). The molecule has 2 aromatic carbocycles. The lowest BCUT2D eigenvalue weighted by Gasteiger charge is -2.28. The van der Waals surface area contributed by atoms with E-state index in [0.29, 0.717) is 18.4 Å². The fourth-order valence-corrected chi connectivity index (χ4v) is 3.89. The van der Waals surface area contributed by atoms with Gasteiger partial charge >= 0.3 is 0 Å². The molecule has 0 heterocycles. The van der Waals surface area contributed by atoms with E-state index in [1.54, 1.807) is 12.1 Å². The Hall–Kier alpha value is -2.69. The van der Waals surface area contributed by atoms with Gasteiger partial charge in [0, 0.05) is 5.69 Å². The second kappa shape index (κ2) is 8.33. The number of rotatable bonds is 6. The number of para-hydroxylation sites is 1. The third kappa shape index (κ3) is 4.18. The molecule has 0 unspecified atom stereocenters. The molecule has 1 aliphatic carbocycles. The van der Waals surface area contributed by atoms with E-state index in [-0.39, 0.29) is 24.2 Å². The van der Waals surface area contributed by atoms with Crippen LogP contribution in [-0.2, 0) is 21.4 Å². The van der Waals surface area contributed by atoms with Gasteiger partial charge in [0.25, 0.3) is 0 Å². The lowest BCUT2D eigenvalue weighted by Crippen LogP contribution is -2.45. The van der Waals surface area contributed by atoms with Crippen LogP contribution < -0.4 is 10.6 Å². The van der Waals surface area contributed by atoms with Crippen LogP contribution >= 0.6 is 0 Å². The highest BCUT2D eigenvalue weighted by Gasteiger charge is 2.42. The maximum absolute atomic E-state index is 13.7. The van der Waals surface area contributed by atoms with Crippen LogP contribution in [0.3, 0.4) is 0 Å². The first kappa shape index (κ1) is 19.1. The summed E-state index contributed by atoms with van der Waals surface area (Å²) in [6.45, 7) is 1.92. The molecular weight excluding hydrogens is 343 g/mol. The quantitative estimate of drug-likeness (QED) is 0.811. The zero-order valence-corrected chi connectivity index (χ0v) is 15.6.